The molecule has 0 saturated heterocycles. The number of Topliss-reactive ketones (excluding diaryl/α,β-unsaturated/α-hetero) is 3. The van der Waals surface area contributed by atoms with Gasteiger partial charge in [0.15, 0.2) is 0 Å². The second-order valence-electron chi connectivity index (χ2n) is 7.09. The summed E-state index contributed by atoms with van der Waals surface area (Å²) in [6, 6.07) is -0.0741. The number of nitrogens with one attached hydrogen (secondary N) is 1. The van der Waals surface area contributed by atoms with Crippen LogP contribution in [0.5, 0.6) is 0 Å². The van der Waals surface area contributed by atoms with Gasteiger partial charge in [-0.15, -0.1) is 0 Å². The zero-order chi connectivity index (χ0) is 17.6. The minimum Gasteiger partial charge on any atom is -0.307 e. The van der Waals surface area contributed by atoms with Gasteiger partial charge in [0.05, 0.1) is 12.5 Å². The molecule has 1 rings (SSSR count). The fourth-order valence-corrected chi connectivity index (χ4v) is 3.26. The molecule has 24 heavy (non-hydrogen) atoms. The highest BCUT2D eigenvalue weighted by Crippen LogP contribution is 2.14. The maximum absolute atomic E-state index is 11.8. The lowest BCUT2D eigenvalue weighted by atomic mass is 9.94. The number of carbonyl (C=O) groups is 3. The van der Waals surface area contributed by atoms with Crippen LogP contribution in [-0.4, -0.2) is 29.9 Å². The highest BCUT2D eigenvalue weighted by atomic mass is 16.1. The van der Waals surface area contributed by atoms with Crippen molar-refractivity contribution in [3.05, 3.63) is 0 Å². The molecule has 0 bridgehead atoms. The van der Waals surface area contributed by atoms with Gasteiger partial charge in [-0.25, -0.2) is 0 Å². The lowest BCUT2D eigenvalue weighted by Gasteiger charge is -2.21. The molecular formula is C20H35NO3. The molecule has 1 unspecified atom stereocenters. The summed E-state index contributed by atoms with van der Waals surface area (Å²) in [6.45, 7) is 2.72. The predicted molar refractivity (Wildman–Crippen MR) is 97.1 cm³/mol. The predicted octanol–water partition coefficient (Wildman–Crippen LogP) is 4.15. The summed E-state index contributed by atoms with van der Waals surface area (Å²) in [5.74, 6) is 0.338. The van der Waals surface area contributed by atoms with E-state index in [4.69, 9.17) is 0 Å². The number of rotatable bonds is 14. The molecule has 1 aliphatic carbocycles. The summed E-state index contributed by atoms with van der Waals surface area (Å²) in [5, 5.41) is 3.17. The Kier molecular flexibility index (Phi) is 11.6. The zero-order valence-electron chi connectivity index (χ0n) is 15.4. The molecule has 138 valence electrons. The average Bonchev–Trinajstić information content (AvgIpc) is 2.56. The Balaban J connectivity index is 1.99. The first kappa shape index (κ1) is 21.0. The first-order valence-electron chi connectivity index (χ1n) is 9.93. The van der Waals surface area contributed by atoms with E-state index in [1.165, 1.54) is 32.1 Å². The second-order valence-corrected chi connectivity index (χ2v) is 7.09. The van der Waals surface area contributed by atoms with Gasteiger partial charge in [-0.3, -0.25) is 14.4 Å². The van der Waals surface area contributed by atoms with E-state index in [2.05, 4.69) is 12.2 Å². The fourth-order valence-electron chi connectivity index (χ4n) is 3.26. The third-order valence-corrected chi connectivity index (χ3v) is 4.80. The Morgan fingerprint density at radius 3 is 2.33 bits per heavy atom. The lowest BCUT2D eigenvalue weighted by Crippen LogP contribution is -2.39. The number of unbranched alkanes of at least 4 members (excludes halogenated alkanes) is 6. The first-order chi connectivity index (χ1) is 11.6. The SMILES string of the molecule is CCCCCCCCCC(=O)CC(=O)CCNC1CCCCC1=O. The number of hydrogen-bond donors (Lipinski definition) is 1. The quantitative estimate of drug-likeness (QED) is 0.382. The van der Waals surface area contributed by atoms with Gasteiger partial charge in [-0.2, -0.15) is 0 Å². The summed E-state index contributed by atoms with van der Waals surface area (Å²) >= 11 is 0. The third kappa shape index (κ3) is 9.96. The van der Waals surface area contributed by atoms with Gasteiger partial charge >= 0.3 is 0 Å². The molecule has 0 radical (unpaired) electrons. The van der Waals surface area contributed by atoms with Crippen LogP contribution >= 0.6 is 0 Å². The van der Waals surface area contributed by atoms with Crippen LogP contribution in [0.15, 0.2) is 0 Å². The van der Waals surface area contributed by atoms with Crippen molar-refractivity contribution < 1.29 is 14.4 Å². The first-order valence-corrected chi connectivity index (χ1v) is 9.93. The normalized spacial score (nSPS) is 17.9. The second kappa shape index (κ2) is 13.3. The van der Waals surface area contributed by atoms with E-state index in [-0.39, 0.29) is 29.8 Å². The highest BCUT2D eigenvalue weighted by molar-refractivity contribution is 5.99. The van der Waals surface area contributed by atoms with Crippen LogP contribution < -0.4 is 5.32 Å². The van der Waals surface area contributed by atoms with Crippen molar-refractivity contribution in [2.24, 2.45) is 0 Å². The smallest absolute Gasteiger partial charge is 0.149 e. The molecule has 0 aromatic heterocycles. The van der Waals surface area contributed by atoms with Crippen molar-refractivity contribution in [3.8, 4) is 0 Å². The van der Waals surface area contributed by atoms with Crippen LogP contribution in [0, 0.1) is 0 Å². The standard InChI is InChI=1S/C20H35NO3/c1-2-3-4-5-6-7-8-11-17(22)16-18(23)14-15-21-19-12-9-10-13-20(19)24/h19,21H,2-16H2,1H3. The van der Waals surface area contributed by atoms with E-state index in [0.717, 1.165) is 32.1 Å². The molecule has 0 heterocycles. The average molecular weight is 338 g/mol. The van der Waals surface area contributed by atoms with Gasteiger partial charge in [-0.1, -0.05) is 51.9 Å². The Morgan fingerprint density at radius 1 is 0.958 bits per heavy atom. The number of ketones is 3. The molecule has 4 heteroatoms. The molecule has 4 nitrogen and oxygen atoms in total. The van der Waals surface area contributed by atoms with E-state index in [0.29, 0.717) is 25.8 Å². The van der Waals surface area contributed by atoms with Gasteiger partial charge in [-0.05, 0) is 19.3 Å². The molecule has 0 aromatic carbocycles. The largest absolute Gasteiger partial charge is 0.307 e. The maximum atomic E-state index is 11.8. The van der Waals surface area contributed by atoms with E-state index in [1.54, 1.807) is 0 Å². The molecule has 1 saturated carbocycles. The van der Waals surface area contributed by atoms with Crippen LogP contribution in [0.25, 0.3) is 0 Å². The van der Waals surface area contributed by atoms with Crippen LogP contribution in [-0.2, 0) is 14.4 Å². The van der Waals surface area contributed by atoms with Gasteiger partial charge < -0.3 is 5.32 Å². The molecule has 0 aromatic rings. The van der Waals surface area contributed by atoms with Crippen LogP contribution in [0.1, 0.15) is 96.8 Å². The third-order valence-electron chi connectivity index (χ3n) is 4.80. The Bertz CT molecular complexity index is 392. The van der Waals surface area contributed by atoms with Gasteiger partial charge in [0.1, 0.15) is 17.3 Å². The lowest BCUT2D eigenvalue weighted by molar-refractivity contribution is -0.127. The van der Waals surface area contributed by atoms with Crippen LogP contribution in [0.4, 0.5) is 0 Å². The van der Waals surface area contributed by atoms with E-state index >= 15 is 0 Å². The molecule has 0 amide bonds. The van der Waals surface area contributed by atoms with Crippen molar-refractivity contribution in [3.63, 3.8) is 0 Å². The summed E-state index contributed by atoms with van der Waals surface area (Å²) < 4.78 is 0. The molecule has 1 fully saturated rings. The van der Waals surface area contributed by atoms with Crippen molar-refractivity contribution in [1.82, 2.24) is 5.32 Å². The van der Waals surface area contributed by atoms with Crippen molar-refractivity contribution >= 4 is 17.3 Å². The zero-order valence-corrected chi connectivity index (χ0v) is 15.4. The summed E-state index contributed by atoms with van der Waals surface area (Å²) in [4.78, 5) is 35.3. The molecule has 1 atom stereocenters. The van der Waals surface area contributed by atoms with Gasteiger partial charge in [0.25, 0.3) is 0 Å². The van der Waals surface area contributed by atoms with Crippen molar-refractivity contribution in [2.75, 3.05) is 6.54 Å². The highest BCUT2D eigenvalue weighted by Gasteiger charge is 2.21. The van der Waals surface area contributed by atoms with E-state index < -0.39 is 0 Å². The minimum atomic E-state index is -0.0741. The fraction of sp³-hybridized carbons (Fsp3) is 0.850. The van der Waals surface area contributed by atoms with Crippen molar-refractivity contribution in [2.45, 2.75) is 103 Å². The summed E-state index contributed by atoms with van der Waals surface area (Å²) in [6.07, 6.45) is 12.9. The molecule has 1 aliphatic rings. The number of carbonyl (C=O) groups excluding carboxylic acids is 3. The molecule has 0 aliphatic heterocycles. The van der Waals surface area contributed by atoms with E-state index in [9.17, 15) is 14.4 Å². The van der Waals surface area contributed by atoms with Gasteiger partial charge in [0.2, 0.25) is 0 Å². The van der Waals surface area contributed by atoms with Crippen LogP contribution in [0.2, 0.25) is 0 Å². The summed E-state index contributed by atoms with van der Waals surface area (Å²) in [7, 11) is 0. The number of hydrogen-bond acceptors (Lipinski definition) is 4. The summed E-state index contributed by atoms with van der Waals surface area (Å²) in [5.41, 5.74) is 0. The molecule has 0 spiro atoms. The minimum absolute atomic E-state index is 0.00120. The van der Waals surface area contributed by atoms with Crippen molar-refractivity contribution in [1.29, 1.82) is 0 Å². The Labute approximate surface area is 147 Å². The Morgan fingerprint density at radius 2 is 1.62 bits per heavy atom. The monoisotopic (exact) mass is 337 g/mol. The molecule has 1 N–H and O–H groups in total. The van der Waals surface area contributed by atoms with E-state index in [1.807, 2.05) is 0 Å². The maximum Gasteiger partial charge on any atom is 0.149 e. The van der Waals surface area contributed by atoms with Gasteiger partial charge in [0, 0.05) is 25.8 Å². The Hall–Kier alpha value is -1.03. The van der Waals surface area contributed by atoms with Crippen LogP contribution in [0.3, 0.4) is 0 Å². The molecular weight excluding hydrogens is 302 g/mol. The topological polar surface area (TPSA) is 63.2 Å².